The first-order chi connectivity index (χ1) is 12.2. The lowest BCUT2D eigenvalue weighted by Gasteiger charge is -2.27. The van der Waals surface area contributed by atoms with E-state index in [1.54, 1.807) is 19.2 Å². The molecule has 0 saturated carbocycles. The highest BCUT2D eigenvalue weighted by Gasteiger charge is 2.33. The monoisotopic (exact) mass is 382 g/mol. The Kier molecular flexibility index (Phi) is 5.08. The highest BCUT2D eigenvalue weighted by atomic mass is 32.2. The minimum atomic E-state index is -3.07. The maximum atomic E-state index is 12.5. The van der Waals surface area contributed by atoms with Crippen LogP contribution in [-0.2, 0) is 26.0 Å². The van der Waals surface area contributed by atoms with Crippen LogP contribution in [0.4, 0.5) is 0 Å². The summed E-state index contributed by atoms with van der Waals surface area (Å²) in [6.07, 6.45) is 0.437. The smallest absolute Gasteiger partial charge is 0.242 e. The molecule has 0 radical (unpaired) electrons. The maximum absolute atomic E-state index is 12.5. The van der Waals surface area contributed by atoms with Crippen molar-refractivity contribution in [3.8, 4) is 11.5 Å². The van der Waals surface area contributed by atoms with Gasteiger partial charge in [0.1, 0.15) is 6.54 Å². The normalized spacial score (nSPS) is 20.0. The molecule has 8 nitrogen and oxygen atoms in total. The fraction of sp³-hybridized carbons (Fsp3) is 0.529. The number of sulfone groups is 1. The van der Waals surface area contributed by atoms with Gasteiger partial charge in [-0.25, -0.2) is 8.42 Å². The maximum Gasteiger partial charge on any atom is 0.242 e. The quantitative estimate of drug-likeness (QED) is 0.732. The van der Waals surface area contributed by atoms with Gasteiger partial charge in [-0.05, 0) is 24.1 Å². The molecule has 0 N–H and O–H groups in total. The summed E-state index contributed by atoms with van der Waals surface area (Å²) in [5.74, 6) is 0.846. The van der Waals surface area contributed by atoms with Crippen LogP contribution in [0.2, 0.25) is 0 Å². The largest absolute Gasteiger partial charge is 0.454 e. The van der Waals surface area contributed by atoms with Crippen LogP contribution in [0, 0.1) is 0 Å². The van der Waals surface area contributed by atoms with Gasteiger partial charge in [0, 0.05) is 26.6 Å². The van der Waals surface area contributed by atoms with Gasteiger partial charge in [-0.1, -0.05) is 6.07 Å². The molecule has 142 valence electrons. The van der Waals surface area contributed by atoms with Crippen molar-refractivity contribution in [3.05, 3.63) is 23.8 Å². The lowest BCUT2D eigenvalue weighted by Crippen LogP contribution is -2.44. The van der Waals surface area contributed by atoms with E-state index in [9.17, 15) is 18.0 Å². The molecule has 26 heavy (non-hydrogen) atoms. The van der Waals surface area contributed by atoms with Gasteiger partial charge in [0.05, 0.1) is 11.5 Å². The van der Waals surface area contributed by atoms with Gasteiger partial charge < -0.3 is 19.3 Å². The molecule has 1 aromatic carbocycles. The summed E-state index contributed by atoms with van der Waals surface area (Å²) >= 11 is 0. The van der Waals surface area contributed by atoms with Crippen molar-refractivity contribution in [2.45, 2.75) is 25.9 Å². The second-order valence-electron chi connectivity index (χ2n) is 6.62. The first-order valence-corrected chi connectivity index (χ1v) is 10.2. The van der Waals surface area contributed by atoms with Crippen molar-refractivity contribution in [3.63, 3.8) is 0 Å². The highest BCUT2D eigenvalue weighted by Crippen LogP contribution is 2.32. The fourth-order valence-corrected chi connectivity index (χ4v) is 4.87. The van der Waals surface area contributed by atoms with Crippen LogP contribution in [0.15, 0.2) is 18.2 Å². The molecule has 0 spiro atoms. The van der Waals surface area contributed by atoms with Gasteiger partial charge in [0.2, 0.25) is 18.6 Å². The Balaban J connectivity index is 1.65. The van der Waals surface area contributed by atoms with Crippen LogP contribution in [0.25, 0.3) is 0 Å². The number of carbonyl (C=O) groups excluding carboxylic acids is 2. The van der Waals surface area contributed by atoms with E-state index >= 15 is 0 Å². The number of ether oxygens (including phenoxy) is 2. The van der Waals surface area contributed by atoms with Crippen molar-refractivity contribution >= 4 is 21.7 Å². The number of fused-ring (bicyclic) bond motifs is 1. The first kappa shape index (κ1) is 18.5. The predicted molar refractivity (Wildman–Crippen MR) is 93.5 cm³/mol. The van der Waals surface area contributed by atoms with Gasteiger partial charge in [-0.3, -0.25) is 9.59 Å². The molecule has 0 aliphatic carbocycles. The van der Waals surface area contributed by atoms with E-state index < -0.39 is 9.84 Å². The number of benzene rings is 1. The van der Waals surface area contributed by atoms with Crippen LogP contribution < -0.4 is 9.47 Å². The Hall–Kier alpha value is -2.29. The van der Waals surface area contributed by atoms with E-state index in [0.717, 1.165) is 5.56 Å². The van der Waals surface area contributed by atoms with E-state index in [4.69, 9.17) is 9.47 Å². The third-order valence-electron chi connectivity index (χ3n) is 4.73. The lowest BCUT2D eigenvalue weighted by atomic mass is 10.2. The molecule has 2 amide bonds. The number of carbonyl (C=O) groups is 2. The van der Waals surface area contributed by atoms with Gasteiger partial charge in [-0.15, -0.1) is 0 Å². The van der Waals surface area contributed by atoms with Gasteiger partial charge in [-0.2, -0.15) is 0 Å². The zero-order valence-electron chi connectivity index (χ0n) is 14.8. The molecular weight excluding hydrogens is 360 g/mol. The lowest BCUT2D eigenvalue weighted by molar-refractivity contribution is -0.140. The summed E-state index contributed by atoms with van der Waals surface area (Å²) in [5.41, 5.74) is 0.823. The van der Waals surface area contributed by atoms with Crippen molar-refractivity contribution in [1.82, 2.24) is 9.80 Å². The molecule has 1 fully saturated rings. The topological polar surface area (TPSA) is 93.2 Å². The van der Waals surface area contributed by atoms with E-state index in [-0.39, 0.29) is 49.2 Å². The highest BCUT2D eigenvalue weighted by molar-refractivity contribution is 7.91. The van der Waals surface area contributed by atoms with Crippen LogP contribution in [0.1, 0.15) is 18.9 Å². The zero-order chi connectivity index (χ0) is 18.9. The molecule has 0 bridgehead atoms. The third-order valence-corrected chi connectivity index (χ3v) is 6.48. The molecule has 3 rings (SSSR count). The van der Waals surface area contributed by atoms with Crippen LogP contribution in [-0.4, -0.2) is 68.0 Å². The van der Waals surface area contributed by atoms with Crippen molar-refractivity contribution < 1.29 is 27.5 Å². The van der Waals surface area contributed by atoms with Crippen LogP contribution in [0.3, 0.4) is 0 Å². The Labute approximate surface area is 152 Å². The predicted octanol–water partition coefficient (Wildman–Crippen LogP) is 0.409. The van der Waals surface area contributed by atoms with Crippen LogP contribution >= 0.6 is 0 Å². The Morgan fingerprint density at radius 2 is 1.96 bits per heavy atom. The van der Waals surface area contributed by atoms with Crippen LogP contribution in [0.5, 0.6) is 11.5 Å². The second kappa shape index (κ2) is 7.14. The number of amides is 2. The SMILES string of the molecule is CC(=O)N(CC(=O)N(C)C1CCS(=O)(=O)C1)Cc1ccc2c(c1)OCO2. The molecule has 0 aromatic heterocycles. The van der Waals surface area contributed by atoms with Gasteiger partial charge in [0.15, 0.2) is 21.3 Å². The average molecular weight is 382 g/mol. The fourth-order valence-electron chi connectivity index (χ4n) is 3.10. The van der Waals surface area contributed by atoms with Crippen molar-refractivity contribution in [2.24, 2.45) is 0 Å². The summed E-state index contributed by atoms with van der Waals surface area (Å²) < 4.78 is 33.8. The minimum Gasteiger partial charge on any atom is -0.454 e. The van der Waals surface area contributed by atoms with E-state index in [0.29, 0.717) is 17.9 Å². The number of nitrogens with zero attached hydrogens (tertiary/aromatic N) is 2. The molecular formula is C17H22N2O6S. The van der Waals surface area contributed by atoms with E-state index in [1.807, 2.05) is 6.07 Å². The Morgan fingerprint density at radius 3 is 2.62 bits per heavy atom. The number of likely N-dealkylation sites (N-methyl/N-ethyl adjacent to an activating group) is 1. The summed E-state index contributed by atoms with van der Waals surface area (Å²) in [6.45, 7) is 1.73. The summed E-state index contributed by atoms with van der Waals surface area (Å²) in [4.78, 5) is 27.4. The van der Waals surface area contributed by atoms with E-state index in [2.05, 4.69) is 0 Å². The second-order valence-corrected chi connectivity index (χ2v) is 8.85. The Bertz CT molecular complexity index is 823. The summed E-state index contributed by atoms with van der Waals surface area (Å²) in [5, 5.41) is 0. The summed E-state index contributed by atoms with van der Waals surface area (Å²) in [7, 11) is -1.48. The van der Waals surface area contributed by atoms with Crippen molar-refractivity contribution in [1.29, 1.82) is 0 Å². The van der Waals surface area contributed by atoms with Gasteiger partial charge >= 0.3 is 0 Å². The zero-order valence-corrected chi connectivity index (χ0v) is 15.6. The molecule has 2 aliphatic heterocycles. The third kappa shape index (κ3) is 4.09. The summed E-state index contributed by atoms with van der Waals surface area (Å²) in [6, 6.07) is 5.05. The Morgan fingerprint density at radius 1 is 1.23 bits per heavy atom. The molecule has 1 aromatic rings. The first-order valence-electron chi connectivity index (χ1n) is 8.35. The van der Waals surface area contributed by atoms with E-state index in [1.165, 1.54) is 16.7 Å². The van der Waals surface area contributed by atoms with Crippen molar-refractivity contribution in [2.75, 3.05) is 31.9 Å². The number of hydrogen-bond donors (Lipinski definition) is 0. The molecule has 2 aliphatic rings. The molecule has 1 saturated heterocycles. The number of hydrogen-bond acceptors (Lipinski definition) is 6. The van der Waals surface area contributed by atoms with Gasteiger partial charge in [0.25, 0.3) is 0 Å². The number of rotatable bonds is 5. The standard InChI is InChI=1S/C17H22N2O6S/c1-12(20)19(8-13-3-4-15-16(7-13)25-11-24-15)9-17(21)18(2)14-5-6-26(22,23)10-14/h3-4,7,14H,5-6,8-11H2,1-2H3. The molecule has 2 heterocycles. The average Bonchev–Trinajstić information content (AvgIpc) is 3.18. The minimum absolute atomic E-state index is 0.0164. The molecule has 9 heteroatoms. The molecule has 1 unspecified atom stereocenters. The molecule has 1 atom stereocenters.